The molecule has 0 aliphatic rings. The molecule has 3 aromatic carbocycles. The number of carboxylic acids is 1. The summed E-state index contributed by atoms with van der Waals surface area (Å²) in [4.78, 5) is 34.6. The van der Waals surface area contributed by atoms with Crippen LogP contribution in [0, 0.1) is 10.1 Å². The van der Waals surface area contributed by atoms with E-state index in [4.69, 9.17) is 19.3 Å². The molecule has 0 heterocycles. The lowest BCUT2D eigenvalue weighted by atomic mass is 10.0. The first-order chi connectivity index (χ1) is 19.3. The maximum atomic E-state index is 12.7. The van der Waals surface area contributed by atoms with Crippen LogP contribution in [0.2, 0.25) is 0 Å². The Morgan fingerprint density at radius 1 is 0.850 bits per heavy atom. The van der Waals surface area contributed by atoms with Crippen LogP contribution in [0.3, 0.4) is 0 Å². The molecule has 3 rings (SSSR count). The Bertz CT molecular complexity index is 1320. The minimum atomic E-state index is -0.976. The third-order valence-corrected chi connectivity index (χ3v) is 6.10. The van der Waals surface area contributed by atoms with E-state index in [2.05, 4.69) is 13.5 Å². The molecule has 0 radical (unpaired) electrons. The average Bonchev–Trinajstić information content (AvgIpc) is 2.95. The molecule has 40 heavy (non-hydrogen) atoms. The number of aliphatic carboxylic acids is 1. The molecule has 0 aromatic heterocycles. The normalized spacial score (nSPS) is 10.5. The van der Waals surface area contributed by atoms with Crippen LogP contribution < -0.4 is 14.2 Å². The van der Waals surface area contributed by atoms with Gasteiger partial charge >= 0.3 is 17.6 Å². The smallest absolute Gasteiger partial charge is 0.343 e. The first kappa shape index (κ1) is 29.9. The molecule has 210 valence electrons. The number of esters is 1. The maximum absolute atomic E-state index is 12.7. The Morgan fingerprint density at radius 3 is 2.05 bits per heavy atom. The Morgan fingerprint density at radius 2 is 1.45 bits per heavy atom. The fourth-order valence-electron chi connectivity index (χ4n) is 3.76. The van der Waals surface area contributed by atoms with Crippen LogP contribution in [0.5, 0.6) is 17.2 Å². The minimum absolute atomic E-state index is 0.149. The number of nitro groups is 1. The second kappa shape index (κ2) is 15.1. The summed E-state index contributed by atoms with van der Waals surface area (Å²) in [6.45, 7) is 6.66. The highest BCUT2D eigenvalue weighted by molar-refractivity contribution is 5.92. The van der Waals surface area contributed by atoms with Crippen molar-refractivity contribution in [3.05, 3.63) is 94.6 Å². The Kier molecular flexibility index (Phi) is 11.3. The highest BCUT2D eigenvalue weighted by Crippen LogP contribution is 2.33. The third kappa shape index (κ3) is 8.97. The van der Waals surface area contributed by atoms with Crippen molar-refractivity contribution < 1.29 is 33.8 Å². The number of carbonyl (C=O) groups is 2. The van der Waals surface area contributed by atoms with Crippen LogP contribution in [-0.4, -0.2) is 35.2 Å². The van der Waals surface area contributed by atoms with Gasteiger partial charge in [0.25, 0.3) is 0 Å². The topological polar surface area (TPSA) is 125 Å². The molecule has 0 atom stereocenters. The summed E-state index contributed by atoms with van der Waals surface area (Å²) in [5, 5.41) is 20.6. The van der Waals surface area contributed by atoms with Gasteiger partial charge in [0.05, 0.1) is 23.7 Å². The van der Waals surface area contributed by atoms with Crippen molar-refractivity contribution in [2.75, 3.05) is 13.2 Å². The number of carbonyl (C=O) groups excluding carboxylic acids is 1. The largest absolute Gasteiger partial charge is 0.494 e. The van der Waals surface area contributed by atoms with Crippen molar-refractivity contribution in [2.24, 2.45) is 0 Å². The van der Waals surface area contributed by atoms with E-state index in [9.17, 15) is 19.7 Å². The van der Waals surface area contributed by atoms with Gasteiger partial charge in [-0.3, -0.25) is 10.1 Å². The van der Waals surface area contributed by atoms with Crippen LogP contribution >= 0.6 is 0 Å². The monoisotopic (exact) mass is 547 g/mol. The van der Waals surface area contributed by atoms with E-state index in [0.29, 0.717) is 37.4 Å². The molecule has 3 aromatic rings. The number of hydrogen-bond acceptors (Lipinski definition) is 7. The van der Waals surface area contributed by atoms with E-state index in [0.717, 1.165) is 37.0 Å². The second-order valence-corrected chi connectivity index (χ2v) is 9.15. The van der Waals surface area contributed by atoms with Crippen LogP contribution in [0.4, 0.5) is 5.69 Å². The molecule has 0 saturated carbocycles. The predicted molar refractivity (Wildman–Crippen MR) is 151 cm³/mol. The lowest BCUT2D eigenvalue weighted by Gasteiger charge is -2.10. The fourth-order valence-corrected chi connectivity index (χ4v) is 3.76. The summed E-state index contributed by atoms with van der Waals surface area (Å²) >= 11 is 0. The summed E-state index contributed by atoms with van der Waals surface area (Å²) in [5.74, 6) is -0.563. The van der Waals surface area contributed by atoms with Crippen LogP contribution in [0.15, 0.2) is 78.9 Å². The van der Waals surface area contributed by atoms with Crippen LogP contribution in [-0.2, 0) is 4.79 Å². The molecular formula is C31H33NO8. The maximum Gasteiger partial charge on any atom is 0.343 e. The van der Waals surface area contributed by atoms with Gasteiger partial charge in [0, 0.05) is 11.6 Å². The molecule has 0 amide bonds. The lowest BCUT2D eigenvalue weighted by molar-refractivity contribution is -0.385. The molecule has 9 nitrogen and oxygen atoms in total. The Hall–Kier alpha value is -4.66. The van der Waals surface area contributed by atoms with Gasteiger partial charge in [-0.05, 0) is 85.7 Å². The first-order valence-electron chi connectivity index (χ1n) is 13.2. The Balaban J connectivity index is 1.56. The lowest BCUT2D eigenvalue weighted by Crippen LogP contribution is -2.10. The molecular weight excluding hydrogens is 514 g/mol. The zero-order valence-electron chi connectivity index (χ0n) is 22.5. The molecule has 0 fully saturated rings. The number of nitro benzene ring substituents is 1. The summed E-state index contributed by atoms with van der Waals surface area (Å²) in [5.41, 5.74) is 1.48. The number of hydrogen-bond donors (Lipinski definition) is 1. The molecule has 0 saturated heterocycles. The second-order valence-electron chi connectivity index (χ2n) is 9.15. The SMILES string of the molecule is C=C(CCCCCOc1ccc(C(=O)Oc2ccc(-c3ccc(OCCCC)cc3)cc2[N+](=O)[O-])cc1)C(=O)O. The average molecular weight is 548 g/mol. The number of benzene rings is 3. The zero-order valence-corrected chi connectivity index (χ0v) is 22.5. The Labute approximate surface area is 233 Å². The minimum Gasteiger partial charge on any atom is -0.494 e. The standard InChI is InChI=1S/C31H33NO8/c1-3-4-19-38-26-14-9-23(10-15-26)25-13-18-29(28(21-25)32(36)37)40-31(35)24-11-16-27(17-12-24)39-20-7-5-6-8-22(2)30(33)34/h9-18,21H,2-8,19-20H2,1H3,(H,33,34). The molecule has 0 spiro atoms. The van der Waals surface area contributed by atoms with Crippen molar-refractivity contribution in [2.45, 2.75) is 45.4 Å². The number of unbranched alkanes of at least 4 members (excludes halogenated alkanes) is 3. The summed E-state index contributed by atoms with van der Waals surface area (Å²) in [6, 6.07) is 18.0. The highest BCUT2D eigenvalue weighted by Gasteiger charge is 2.20. The predicted octanol–water partition coefficient (Wildman–Crippen LogP) is 7.24. The van der Waals surface area contributed by atoms with Crippen molar-refractivity contribution in [3.63, 3.8) is 0 Å². The van der Waals surface area contributed by atoms with E-state index in [1.165, 1.54) is 24.3 Å². The van der Waals surface area contributed by atoms with Gasteiger partial charge < -0.3 is 19.3 Å². The molecule has 0 aliphatic heterocycles. The van der Waals surface area contributed by atoms with Gasteiger partial charge in [-0.1, -0.05) is 38.1 Å². The summed E-state index contributed by atoms with van der Waals surface area (Å²) < 4.78 is 16.7. The molecule has 1 N–H and O–H groups in total. The van der Waals surface area contributed by atoms with Gasteiger partial charge in [0.15, 0.2) is 0 Å². The quantitative estimate of drug-likeness (QED) is 0.0497. The van der Waals surface area contributed by atoms with Gasteiger partial charge in [-0.15, -0.1) is 0 Å². The van der Waals surface area contributed by atoms with Crippen LogP contribution in [0.25, 0.3) is 11.1 Å². The van der Waals surface area contributed by atoms with Crippen molar-refractivity contribution in [1.29, 1.82) is 0 Å². The van der Waals surface area contributed by atoms with E-state index in [-0.39, 0.29) is 22.6 Å². The van der Waals surface area contributed by atoms with E-state index < -0.39 is 16.9 Å². The molecule has 0 unspecified atom stereocenters. The van der Waals surface area contributed by atoms with E-state index in [1.807, 2.05) is 24.3 Å². The summed E-state index contributed by atoms with van der Waals surface area (Å²) in [6.07, 6.45) is 4.69. The number of rotatable bonds is 16. The summed E-state index contributed by atoms with van der Waals surface area (Å²) in [7, 11) is 0. The fraction of sp³-hybridized carbons (Fsp3) is 0.290. The molecule has 0 aliphatic carbocycles. The van der Waals surface area contributed by atoms with Gasteiger partial charge in [0.1, 0.15) is 11.5 Å². The van der Waals surface area contributed by atoms with Gasteiger partial charge in [-0.25, -0.2) is 9.59 Å². The number of ether oxygens (including phenoxy) is 3. The van der Waals surface area contributed by atoms with E-state index >= 15 is 0 Å². The third-order valence-electron chi connectivity index (χ3n) is 6.10. The molecule has 9 heteroatoms. The highest BCUT2D eigenvalue weighted by atomic mass is 16.6. The van der Waals surface area contributed by atoms with Gasteiger partial charge in [-0.2, -0.15) is 0 Å². The molecule has 0 bridgehead atoms. The van der Waals surface area contributed by atoms with Crippen LogP contribution in [0.1, 0.15) is 55.8 Å². The van der Waals surface area contributed by atoms with Crippen molar-refractivity contribution in [3.8, 4) is 28.4 Å². The van der Waals surface area contributed by atoms with E-state index in [1.54, 1.807) is 18.2 Å². The van der Waals surface area contributed by atoms with Crippen molar-refractivity contribution >= 4 is 17.6 Å². The first-order valence-corrected chi connectivity index (χ1v) is 13.2. The number of nitrogens with zero attached hydrogens (tertiary/aromatic N) is 1. The van der Waals surface area contributed by atoms with Gasteiger partial charge in [0.2, 0.25) is 5.75 Å². The zero-order chi connectivity index (χ0) is 28.9. The van der Waals surface area contributed by atoms with Crippen molar-refractivity contribution in [1.82, 2.24) is 0 Å². The number of carboxylic acid groups (broad SMARTS) is 1.